The first-order chi connectivity index (χ1) is 21.3. The lowest BCUT2D eigenvalue weighted by Gasteiger charge is -2.12. The van der Waals surface area contributed by atoms with Crippen molar-refractivity contribution in [2.75, 3.05) is 0 Å². The third kappa shape index (κ3) is 4.58. The van der Waals surface area contributed by atoms with Crippen molar-refractivity contribution in [3.05, 3.63) is 158 Å². The van der Waals surface area contributed by atoms with Gasteiger partial charge in [0.25, 0.3) is 0 Å². The van der Waals surface area contributed by atoms with Gasteiger partial charge in [-0.2, -0.15) is 0 Å². The molecule has 0 aliphatic carbocycles. The Balaban J connectivity index is 1.34. The van der Waals surface area contributed by atoms with E-state index < -0.39 is 0 Å². The molecule has 2 aromatic heterocycles. The van der Waals surface area contributed by atoms with Crippen molar-refractivity contribution in [1.29, 1.82) is 0 Å². The predicted molar refractivity (Wildman–Crippen MR) is 176 cm³/mol. The summed E-state index contributed by atoms with van der Waals surface area (Å²) in [5, 5.41) is 2.17. The van der Waals surface area contributed by atoms with Gasteiger partial charge in [0, 0.05) is 27.5 Å². The van der Waals surface area contributed by atoms with E-state index in [0.717, 1.165) is 61.1 Å². The van der Waals surface area contributed by atoms with Crippen LogP contribution in [0.4, 0.5) is 0 Å². The highest BCUT2D eigenvalue weighted by Gasteiger charge is 2.19. The maximum atomic E-state index is 6.62. The molecule has 0 fully saturated rings. The number of rotatable bonds is 5. The molecule has 0 saturated heterocycles. The lowest BCUT2D eigenvalue weighted by molar-refractivity contribution is 0.670. The molecule has 2 heterocycles. The number of nitrogens with zero attached hydrogens (tertiary/aromatic N) is 2. The molecule has 0 N–H and O–H groups in total. The van der Waals surface area contributed by atoms with Crippen molar-refractivity contribution in [3.63, 3.8) is 0 Å². The summed E-state index contributed by atoms with van der Waals surface area (Å²) in [5.74, 6) is 0.682. The van der Waals surface area contributed by atoms with Gasteiger partial charge in [0.1, 0.15) is 11.2 Å². The molecule has 0 saturated carbocycles. The number of hydrogen-bond acceptors (Lipinski definition) is 3. The SMILES string of the molecule is c1ccc(-c2ccc(-c3ccc(-c4cc(-c5ccccc5)nc(-c5ccccc5)n4)c4oc5ccccc5c34)cc2)cc1. The molecule has 6 aromatic carbocycles. The number of furan rings is 1. The molecular formula is C40H26N2O. The van der Waals surface area contributed by atoms with Crippen LogP contribution in [0, 0.1) is 0 Å². The Kier molecular flexibility index (Phi) is 6.12. The molecule has 0 atom stereocenters. The van der Waals surface area contributed by atoms with E-state index in [1.807, 2.05) is 66.7 Å². The zero-order valence-corrected chi connectivity index (χ0v) is 23.3. The van der Waals surface area contributed by atoms with Gasteiger partial charge in [0.15, 0.2) is 5.82 Å². The van der Waals surface area contributed by atoms with Crippen molar-refractivity contribution < 1.29 is 4.42 Å². The van der Waals surface area contributed by atoms with Gasteiger partial charge in [-0.15, -0.1) is 0 Å². The Labute approximate surface area is 249 Å². The van der Waals surface area contributed by atoms with Crippen LogP contribution in [-0.2, 0) is 0 Å². The molecule has 3 nitrogen and oxygen atoms in total. The van der Waals surface area contributed by atoms with E-state index in [4.69, 9.17) is 14.4 Å². The minimum absolute atomic E-state index is 0.682. The average Bonchev–Trinajstić information content (AvgIpc) is 3.49. The fraction of sp³-hybridized carbons (Fsp3) is 0. The number of para-hydroxylation sites is 1. The third-order valence-electron chi connectivity index (χ3n) is 7.93. The maximum absolute atomic E-state index is 6.62. The van der Waals surface area contributed by atoms with E-state index >= 15 is 0 Å². The van der Waals surface area contributed by atoms with Crippen molar-refractivity contribution in [3.8, 4) is 56.2 Å². The summed E-state index contributed by atoms with van der Waals surface area (Å²) >= 11 is 0. The summed E-state index contributed by atoms with van der Waals surface area (Å²) in [6.45, 7) is 0. The van der Waals surface area contributed by atoms with Crippen LogP contribution in [0.25, 0.3) is 78.1 Å². The Morgan fingerprint density at radius 3 is 1.65 bits per heavy atom. The number of hydrogen-bond donors (Lipinski definition) is 0. The fourth-order valence-electron chi connectivity index (χ4n) is 5.80. The monoisotopic (exact) mass is 550 g/mol. The first-order valence-electron chi connectivity index (χ1n) is 14.4. The van der Waals surface area contributed by atoms with Crippen LogP contribution >= 0.6 is 0 Å². The fourth-order valence-corrected chi connectivity index (χ4v) is 5.80. The number of fused-ring (bicyclic) bond motifs is 3. The highest BCUT2D eigenvalue weighted by atomic mass is 16.3. The quantitative estimate of drug-likeness (QED) is 0.214. The van der Waals surface area contributed by atoms with Crippen LogP contribution < -0.4 is 0 Å². The van der Waals surface area contributed by atoms with E-state index in [-0.39, 0.29) is 0 Å². The Morgan fingerprint density at radius 1 is 0.395 bits per heavy atom. The third-order valence-corrected chi connectivity index (χ3v) is 7.93. The van der Waals surface area contributed by atoms with Crippen LogP contribution in [-0.4, -0.2) is 9.97 Å². The van der Waals surface area contributed by atoms with Gasteiger partial charge < -0.3 is 4.42 Å². The van der Waals surface area contributed by atoms with Gasteiger partial charge in [-0.3, -0.25) is 0 Å². The minimum atomic E-state index is 0.682. The van der Waals surface area contributed by atoms with Crippen LogP contribution in [0.5, 0.6) is 0 Å². The van der Waals surface area contributed by atoms with Gasteiger partial charge in [-0.1, -0.05) is 140 Å². The first kappa shape index (κ1) is 25.0. The number of aromatic nitrogens is 2. The van der Waals surface area contributed by atoms with Gasteiger partial charge in [0.2, 0.25) is 0 Å². The van der Waals surface area contributed by atoms with Crippen LogP contribution in [0.15, 0.2) is 162 Å². The Bertz CT molecular complexity index is 2140. The van der Waals surface area contributed by atoms with Crippen LogP contribution in [0.3, 0.4) is 0 Å². The van der Waals surface area contributed by atoms with E-state index in [1.165, 1.54) is 11.1 Å². The standard InChI is InChI=1S/C40H26N2O/c1-4-12-27(13-5-1)28-20-22-29(23-21-28)32-24-25-33(39-38(32)34-18-10-11-19-37(34)43-39)36-26-35(30-14-6-2-7-15-30)41-40(42-36)31-16-8-3-9-17-31/h1-26H. The molecule has 43 heavy (non-hydrogen) atoms. The minimum Gasteiger partial charge on any atom is -0.455 e. The summed E-state index contributed by atoms with van der Waals surface area (Å²) in [6, 6.07) is 54.3. The molecular weight excluding hydrogens is 524 g/mol. The molecule has 3 heteroatoms. The molecule has 0 radical (unpaired) electrons. The lowest BCUT2D eigenvalue weighted by Crippen LogP contribution is -1.96. The van der Waals surface area contributed by atoms with E-state index in [0.29, 0.717) is 5.82 Å². The van der Waals surface area contributed by atoms with Crippen molar-refractivity contribution in [2.24, 2.45) is 0 Å². The molecule has 8 rings (SSSR count). The summed E-state index contributed by atoms with van der Waals surface area (Å²) in [4.78, 5) is 10.1. The first-order valence-corrected chi connectivity index (χ1v) is 14.4. The zero-order chi connectivity index (χ0) is 28.6. The predicted octanol–water partition coefficient (Wildman–Crippen LogP) is 10.7. The van der Waals surface area contributed by atoms with Crippen molar-refractivity contribution in [1.82, 2.24) is 9.97 Å². The van der Waals surface area contributed by atoms with Crippen LogP contribution in [0.1, 0.15) is 0 Å². The zero-order valence-electron chi connectivity index (χ0n) is 23.3. The summed E-state index contributed by atoms with van der Waals surface area (Å²) in [6.07, 6.45) is 0. The average molecular weight is 551 g/mol. The molecule has 0 spiro atoms. The van der Waals surface area contributed by atoms with Gasteiger partial charge in [-0.25, -0.2) is 9.97 Å². The molecule has 202 valence electrons. The Hall–Kier alpha value is -5.80. The second kappa shape index (κ2) is 10.6. The van der Waals surface area contributed by atoms with E-state index in [2.05, 4.69) is 91.0 Å². The molecule has 0 aliphatic rings. The second-order valence-corrected chi connectivity index (χ2v) is 10.6. The van der Waals surface area contributed by atoms with E-state index in [1.54, 1.807) is 0 Å². The van der Waals surface area contributed by atoms with Gasteiger partial charge in [-0.05, 0) is 40.5 Å². The van der Waals surface area contributed by atoms with Crippen LogP contribution in [0.2, 0.25) is 0 Å². The highest BCUT2D eigenvalue weighted by Crippen LogP contribution is 2.42. The summed E-state index contributed by atoms with van der Waals surface area (Å²) in [7, 11) is 0. The smallest absolute Gasteiger partial charge is 0.160 e. The second-order valence-electron chi connectivity index (χ2n) is 10.6. The summed E-state index contributed by atoms with van der Waals surface area (Å²) in [5.41, 5.74) is 11.0. The normalized spacial score (nSPS) is 11.3. The van der Waals surface area contributed by atoms with Crippen molar-refractivity contribution in [2.45, 2.75) is 0 Å². The maximum Gasteiger partial charge on any atom is 0.160 e. The largest absolute Gasteiger partial charge is 0.455 e. The van der Waals surface area contributed by atoms with Gasteiger partial charge in [0.05, 0.1) is 11.4 Å². The molecule has 0 amide bonds. The van der Waals surface area contributed by atoms with Gasteiger partial charge >= 0.3 is 0 Å². The molecule has 0 unspecified atom stereocenters. The summed E-state index contributed by atoms with van der Waals surface area (Å²) < 4.78 is 6.62. The molecule has 0 aliphatic heterocycles. The van der Waals surface area contributed by atoms with Crippen molar-refractivity contribution >= 4 is 21.9 Å². The lowest BCUT2D eigenvalue weighted by atomic mass is 9.94. The molecule has 8 aromatic rings. The van der Waals surface area contributed by atoms with E-state index in [9.17, 15) is 0 Å². The molecule has 0 bridgehead atoms. The number of benzene rings is 6. The Morgan fingerprint density at radius 2 is 0.930 bits per heavy atom. The topological polar surface area (TPSA) is 38.9 Å². The highest BCUT2D eigenvalue weighted by molar-refractivity contribution is 6.16.